The van der Waals surface area contributed by atoms with Gasteiger partial charge in [0.2, 0.25) is 0 Å². The van der Waals surface area contributed by atoms with Gasteiger partial charge in [-0.25, -0.2) is 14.4 Å². The maximum atomic E-state index is 13.5. The quantitative estimate of drug-likeness (QED) is 0.411. The van der Waals surface area contributed by atoms with Gasteiger partial charge >= 0.3 is 0 Å². The highest BCUT2D eigenvalue weighted by Gasteiger charge is 2.26. The number of aryl methyl sites for hydroxylation is 3. The van der Waals surface area contributed by atoms with E-state index in [1.165, 1.54) is 12.4 Å². The lowest BCUT2D eigenvalue weighted by Gasteiger charge is -2.16. The third-order valence-corrected chi connectivity index (χ3v) is 6.45. The van der Waals surface area contributed by atoms with E-state index in [0.29, 0.717) is 22.4 Å². The summed E-state index contributed by atoms with van der Waals surface area (Å²) in [6, 6.07) is 10.6. The Kier molecular flexibility index (Phi) is 5.76. The van der Waals surface area contributed by atoms with E-state index >= 15 is 0 Å². The molecule has 0 fully saturated rings. The fourth-order valence-corrected chi connectivity index (χ4v) is 4.56. The third kappa shape index (κ3) is 4.25. The van der Waals surface area contributed by atoms with Crippen LogP contribution in [0.5, 0.6) is 0 Å². The lowest BCUT2D eigenvalue weighted by atomic mass is 10.0. The van der Waals surface area contributed by atoms with Gasteiger partial charge in [0.15, 0.2) is 17.3 Å². The smallest absolute Gasteiger partial charge is 0.272 e. The van der Waals surface area contributed by atoms with E-state index in [1.807, 2.05) is 18.2 Å². The van der Waals surface area contributed by atoms with Crippen molar-refractivity contribution in [2.24, 2.45) is 7.05 Å². The van der Waals surface area contributed by atoms with Gasteiger partial charge in [-0.2, -0.15) is 5.10 Å². The lowest BCUT2D eigenvalue weighted by Crippen LogP contribution is -2.24. The average Bonchev–Trinajstić information content (AvgIpc) is 3.39. The number of hydrogen-bond acceptors (Lipinski definition) is 6. The first-order valence-corrected chi connectivity index (χ1v) is 11.4. The van der Waals surface area contributed by atoms with Crippen LogP contribution in [0.1, 0.15) is 62.5 Å². The summed E-state index contributed by atoms with van der Waals surface area (Å²) in [6.45, 7) is 3.49. The molecule has 0 saturated heterocycles. The molecule has 1 atom stereocenters. The minimum Gasteiger partial charge on any atom is -0.362 e. The van der Waals surface area contributed by atoms with Crippen molar-refractivity contribution in [3.8, 4) is 0 Å². The van der Waals surface area contributed by atoms with Crippen LogP contribution >= 0.6 is 0 Å². The largest absolute Gasteiger partial charge is 0.362 e. The first-order valence-electron chi connectivity index (χ1n) is 11.4. The topological polar surface area (TPSA) is 102 Å². The second-order valence-electron chi connectivity index (χ2n) is 8.86. The number of rotatable bonds is 6. The predicted octanol–water partition coefficient (Wildman–Crippen LogP) is 4.04. The van der Waals surface area contributed by atoms with Crippen molar-refractivity contribution in [2.75, 3.05) is 5.32 Å². The molecule has 1 amide bonds. The summed E-state index contributed by atoms with van der Waals surface area (Å²) in [6.07, 6.45) is 3.10. The molecule has 178 valence electrons. The van der Waals surface area contributed by atoms with E-state index in [4.69, 9.17) is 0 Å². The number of nitrogens with zero attached hydrogens (tertiary/aromatic N) is 4. The molecule has 4 aromatic rings. The summed E-state index contributed by atoms with van der Waals surface area (Å²) in [7, 11) is 1.79. The van der Waals surface area contributed by atoms with Crippen LogP contribution < -0.4 is 10.6 Å². The second-order valence-corrected chi connectivity index (χ2v) is 8.86. The number of fused-ring (bicyclic) bond motifs is 2. The van der Waals surface area contributed by atoms with E-state index in [1.54, 1.807) is 37.7 Å². The molecule has 2 aromatic carbocycles. The normalized spacial score (nSPS) is 14.7. The van der Waals surface area contributed by atoms with Gasteiger partial charge in [0.25, 0.3) is 5.91 Å². The summed E-state index contributed by atoms with van der Waals surface area (Å²) in [5, 5.41) is 10.9. The molecule has 0 spiro atoms. The molecule has 9 heteroatoms. The second kappa shape index (κ2) is 8.90. The highest BCUT2D eigenvalue weighted by Crippen LogP contribution is 2.36. The Morgan fingerprint density at radius 2 is 1.97 bits per heavy atom. The molecule has 0 radical (unpaired) electrons. The number of carbonyl (C=O) groups excluding carboxylic acids is 2. The first kappa shape index (κ1) is 22.6. The fraction of sp³-hybridized carbons (Fsp3) is 0.269. The zero-order valence-electron chi connectivity index (χ0n) is 19.7. The lowest BCUT2D eigenvalue weighted by molar-refractivity contribution is 0.0946. The summed E-state index contributed by atoms with van der Waals surface area (Å²) in [4.78, 5) is 33.2. The Bertz CT molecular complexity index is 1480. The van der Waals surface area contributed by atoms with Gasteiger partial charge in [0.05, 0.1) is 6.04 Å². The maximum Gasteiger partial charge on any atom is 0.272 e. The fourth-order valence-electron chi connectivity index (χ4n) is 4.56. The first-order chi connectivity index (χ1) is 16.8. The van der Waals surface area contributed by atoms with Gasteiger partial charge in [-0.05, 0) is 61.1 Å². The van der Waals surface area contributed by atoms with Crippen molar-refractivity contribution < 1.29 is 14.0 Å². The summed E-state index contributed by atoms with van der Waals surface area (Å²) in [5.74, 6) is 0.0836. The van der Waals surface area contributed by atoms with Crippen LogP contribution in [0.25, 0.3) is 11.0 Å². The minimum atomic E-state index is -0.382. The molecule has 0 aliphatic heterocycles. The highest BCUT2D eigenvalue weighted by molar-refractivity contribution is 6.05. The monoisotopic (exact) mass is 472 g/mol. The van der Waals surface area contributed by atoms with Crippen LogP contribution in [0.3, 0.4) is 0 Å². The average molecular weight is 473 g/mol. The van der Waals surface area contributed by atoms with Crippen molar-refractivity contribution in [1.82, 2.24) is 25.1 Å². The van der Waals surface area contributed by atoms with E-state index in [9.17, 15) is 14.0 Å². The van der Waals surface area contributed by atoms with Crippen LogP contribution in [-0.2, 0) is 20.0 Å². The van der Waals surface area contributed by atoms with E-state index in [2.05, 4.69) is 25.7 Å². The van der Waals surface area contributed by atoms with Crippen LogP contribution in [-0.4, -0.2) is 31.4 Å². The predicted molar refractivity (Wildman–Crippen MR) is 130 cm³/mol. The zero-order valence-corrected chi connectivity index (χ0v) is 19.7. The Balaban J connectivity index is 1.38. The molecular weight excluding hydrogens is 447 g/mol. The minimum absolute atomic E-state index is 0.0403. The molecule has 2 N–H and O–H groups in total. The number of benzene rings is 2. The molecule has 2 aromatic heterocycles. The molecule has 35 heavy (non-hydrogen) atoms. The van der Waals surface area contributed by atoms with Crippen LogP contribution in [0, 0.1) is 12.7 Å². The number of aromatic nitrogens is 4. The van der Waals surface area contributed by atoms with Crippen LogP contribution in [0.2, 0.25) is 0 Å². The summed E-state index contributed by atoms with van der Waals surface area (Å²) in [5.41, 5.74) is 5.46. The number of Topliss-reactive ketones (excluding diaryl/α,β-unsaturated/α-hetero) is 1. The van der Waals surface area contributed by atoms with Crippen LogP contribution in [0.15, 0.2) is 42.7 Å². The number of carbonyl (C=O) groups is 2. The van der Waals surface area contributed by atoms with E-state index in [-0.39, 0.29) is 35.8 Å². The number of anilines is 1. The van der Waals surface area contributed by atoms with E-state index < -0.39 is 0 Å². The van der Waals surface area contributed by atoms with Crippen molar-refractivity contribution in [3.05, 3.63) is 82.1 Å². The molecule has 2 heterocycles. The van der Waals surface area contributed by atoms with Gasteiger partial charge in [-0.3, -0.25) is 14.3 Å². The summed E-state index contributed by atoms with van der Waals surface area (Å²) >= 11 is 0. The number of ketones is 1. The third-order valence-electron chi connectivity index (χ3n) is 6.45. The van der Waals surface area contributed by atoms with Gasteiger partial charge in [0.1, 0.15) is 23.2 Å². The molecule has 1 aliphatic rings. The van der Waals surface area contributed by atoms with Crippen molar-refractivity contribution >= 4 is 28.5 Å². The zero-order chi connectivity index (χ0) is 24.7. The van der Waals surface area contributed by atoms with Gasteiger partial charge in [0, 0.05) is 19.2 Å². The number of amides is 1. The maximum absolute atomic E-state index is 13.5. The van der Waals surface area contributed by atoms with Crippen molar-refractivity contribution in [1.29, 1.82) is 0 Å². The van der Waals surface area contributed by atoms with Gasteiger partial charge in [-0.15, -0.1) is 0 Å². The van der Waals surface area contributed by atoms with Gasteiger partial charge < -0.3 is 10.6 Å². The van der Waals surface area contributed by atoms with Crippen molar-refractivity contribution in [2.45, 2.75) is 39.3 Å². The molecular formula is C26H25FN6O2. The Morgan fingerprint density at radius 3 is 2.74 bits per heavy atom. The number of nitrogens with one attached hydrogen (secondary N) is 2. The highest BCUT2D eigenvalue weighted by atomic mass is 19.1. The molecule has 1 unspecified atom stereocenters. The van der Waals surface area contributed by atoms with Gasteiger partial charge in [-0.1, -0.05) is 24.3 Å². The standard InChI is InChI=1S/C26H25FN6O2/c1-14-10-16(4-8-20(14)27)12-28-26(35)24-22-23(29-13-30-24)25(33(3)32-22)31-21-9-6-18-11-17(15(2)34)5-7-19(18)21/h4-5,7-8,10-11,13,21,31H,6,9,12H2,1-3H3,(H,28,35). The SMILES string of the molecule is CC(=O)c1ccc2c(c1)CCC2Nc1c2ncnc(C(=O)NCc3ccc(F)c(C)c3)c2nn1C. The molecule has 1 aliphatic carbocycles. The molecule has 0 bridgehead atoms. The van der Waals surface area contributed by atoms with E-state index in [0.717, 1.165) is 35.1 Å². The Morgan fingerprint density at radius 1 is 1.14 bits per heavy atom. The Hall–Kier alpha value is -4.14. The molecule has 8 nitrogen and oxygen atoms in total. The molecule has 0 saturated carbocycles. The van der Waals surface area contributed by atoms with Crippen molar-refractivity contribution in [3.63, 3.8) is 0 Å². The molecule has 5 rings (SSSR count). The summed E-state index contributed by atoms with van der Waals surface area (Å²) < 4.78 is 15.2. The number of halogens is 1. The van der Waals surface area contributed by atoms with Crippen LogP contribution in [0.4, 0.5) is 10.2 Å². The number of hydrogen-bond donors (Lipinski definition) is 2. The Labute approximate surface area is 201 Å².